The maximum absolute atomic E-state index is 12.5. The largest absolute Gasteiger partial charge is 0.433 e. The Kier molecular flexibility index (Phi) is 4.13. The first-order valence-corrected chi connectivity index (χ1v) is 6.17. The minimum absolute atomic E-state index is 0.0130. The summed E-state index contributed by atoms with van der Waals surface area (Å²) < 4.78 is 37.6. The first-order chi connectivity index (χ1) is 10.3. The Labute approximate surface area is 124 Å². The maximum Gasteiger partial charge on any atom is 0.433 e. The predicted molar refractivity (Wildman–Crippen MR) is 73.1 cm³/mol. The molecule has 0 atom stereocenters. The topological polar surface area (TPSA) is 65.8 Å². The molecule has 1 heterocycles. The molecule has 2 rings (SSSR count). The second-order valence-corrected chi connectivity index (χ2v) is 4.47. The molecule has 0 saturated carbocycles. The third kappa shape index (κ3) is 3.41. The first kappa shape index (κ1) is 15.5. The van der Waals surface area contributed by atoms with Crippen molar-refractivity contribution in [2.75, 3.05) is 5.32 Å². The van der Waals surface area contributed by atoms with E-state index in [1.165, 1.54) is 31.2 Å². The van der Waals surface area contributed by atoms with Crippen LogP contribution in [0.15, 0.2) is 36.4 Å². The molecule has 22 heavy (non-hydrogen) atoms. The summed E-state index contributed by atoms with van der Waals surface area (Å²) in [4.78, 5) is 15.5. The van der Waals surface area contributed by atoms with Crippen LogP contribution in [0, 0.1) is 18.3 Å². The summed E-state index contributed by atoms with van der Waals surface area (Å²) in [6, 6.07) is 9.90. The van der Waals surface area contributed by atoms with Gasteiger partial charge in [-0.3, -0.25) is 4.79 Å². The molecule has 0 bridgehead atoms. The molecule has 0 saturated heterocycles. The molecule has 1 aromatic carbocycles. The number of benzene rings is 1. The molecular weight excluding hydrogens is 295 g/mol. The number of aromatic nitrogens is 1. The first-order valence-electron chi connectivity index (χ1n) is 6.17. The summed E-state index contributed by atoms with van der Waals surface area (Å²) in [5.74, 6) is -0.566. The van der Waals surface area contributed by atoms with Crippen molar-refractivity contribution in [3.8, 4) is 6.07 Å². The predicted octanol–water partition coefficient (Wildman–Crippen LogP) is 3.53. The lowest BCUT2D eigenvalue weighted by molar-refractivity contribution is -0.141. The van der Waals surface area contributed by atoms with Gasteiger partial charge in [-0.1, -0.05) is 0 Å². The van der Waals surface area contributed by atoms with Crippen molar-refractivity contribution in [2.24, 2.45) is 0 Å². The minimum Gasteiger partial charge on any atom is -0.322 e. The van der Waals surface area contributed by atoms with Gasteiger partial charge in [-0.15, -0.1) is 0 Å². The number of carbonyl (C=O) groups is 1. The second-order valence-electron chi connectivity index (χ2n) is 4.47. The summed E-state index contributed by atoms with van der Waals surface area (Å²) in [5, 5.41) is 11.2. The Balaban J connectivity index is 2.21. The average Bonchev–Trinajstić information content (AvgIpc) is 2.46. The van der Waals surface area contributed by atoms with Crippen molar-refractivity contribution in [1.82, 2.24) is 4.98 Å². The lowest BCUT2D eigenvalue weighted by Gasteiger charge is -2.10. The Bertz CT molecular complexity index is 746. The van der Waals surface area contributed by atoms with Gasteiger partial charge in [-0.05, 0) is 43.3 Å². The third-order valence-corrected chi connectivity index (χ3v) is 2.89. The fourth-order valence-electron chi connectivity index (χ4n) is 1.79. The zero-order valence-electron chi connectivity index (χ0n) is 11.4. The van der Waals surface area contributed by atoms with Crippen molar-refractivity contribution in [3.05, 3.63) is 58.9 Å². The number of carbonyl (C=O) groups excluding carboxylic acids is 1. The van der Waals surface area contributed by atoms with Gasteiger partial charge < -0.3 is 5.32 Å². The van der Waals surface area contributed by atoms with Crippen LogP contribution in [0.3, 0.4) is 0 Å². The van der Waals surface area contributed by atoms with Gasteiger partial charge in [0.25, 0.3) is 5.91 Å². The number of nitrogens with zero attached hydrogens (tertiary/aromatic N) is 2. The number of alkyl halides is 3. The highest BCUT2D eigenvalue weighted by molar-refractivity contribution is 6.05. The second kappa shape index (κ2) is 5.85. The molecular formula is C15H10F3N3O. The molecule has 0 aliphatic carbocycles. The van der Waals surface area contributed by atoms with Crippen LogP contribution in [0.5, 0.6) is 0 Å². The quantitative estimate of drug-likeness (QED) is 0.923. The van der Waals surface area contributed by atoms with Crippen LogP contribution in [0.25, 0.3) is 0 Å². The van der Waals surface area contributed by atoms with E-state index in [4.69, 9.17) is 5.26 Å². The summed E-state index contributed by atoms with van der Waals surface area (Å²) in [5.41, 5.74) is -0.132. The summed E-state index contributed by atoms with van der Waals surface area (Å²) in [6.45, 7) is 1.34. The van der Waals surface area contributed by atoms with Crippen LogP contribution in [0.2, 0.25) is 0 Å². The third-order valence-electron chi connectivity index (χ3n) is 2.89. The summed E-state index contributed by atoms with van der Waals surface area (Å²) >= 11 is 0. The van der Waals surface area contributed by atoms with Crippen molar-refractivity contribution < 1.29 is 18.0 Å². The van der Waals surface area contributed by atoms with Crippen molar-refractivity contribution in [2.45, 2.75) is 13.1 Å². The Morgan fingerprint density at radius 2 is 1.82 bits per heavy atom. The van der Waals surface area contributed by atoms with E-state index in [0.29, 0.717) is 11.3 Å². The van der Waals surface area contributed by atoms with Gasteiger partial charge in [0.2, 0.25) is 0 Å². The highest BCUT2D eigenvalue weighted by Gasteiger charge is 2.33. The van der Waals surface area contributed by atoms with E-state index >= 15 is 0 Å². The molecule has 112 valence electrons. The van der Waals surface area contributed by atoms with Crippen LogP contribution >= 0.6 is 0 Å². The number of nitrogens with one attached hydrogen (secondary N) is 1. The number of aryl methyl sites for hydroxylation is 1. The summed E-state index contributed by atoms with van der Waals surface area (Å²) in [7, 11) is 0. The number of amides is 1. The highest BCUT2D eigenvalue weighted by Crippen LogP contribution is 2.28. The van der Waals surface area contributed by atoms with Crippen LogP contribution in [0.1, 0.15) is 27.3 Å². The van der Waals surface area contributed by atoms with Gasteiger partial charge in [0.1, 0.15) is 5.69 Å². The fourth-order valence-corrected chi connectivity index (χ4v) is 1.79. The molecule has 1 amide bonds. The molecule has 2 aromatic rings. The van der Waals surface area contributed by atoms with E-state index in [-0.39, 0.29) is 11.3 Å². The van der Waals surface area contributed by atoms with E-state index in [1.807, 2.05) is 6.07 Å². The van der Waals surface area contributed by atoms with Gasteiger partial charge in [-0.25, -0.2) is 4.98 Å². The molecule has 0 aliphatic rings. The average molecular weight is 305 g/mol. The molecule has 0 unspecified atom stereocenters. The lowest BCUT2D eigenvalue weighted by atomic mass is 10.1. The zero-order valence-corrected chi connectivity index (χ0v) is 11.4. The van der Waals surface area contributed by atoms with E-state index in [2.05, 4.69) is 10.3 Å². The Hall–Kier alpha value is -2.88. The van der Waals surface area contributed by atoms with E-state index < -0.39 is 17.8 Å². The van der Waals surface area contributed by atoms with Crippen molar-refractivity contribution in [1.29, 1.82) is 5.26 Å². The van der Waals surface area contributed by atoms with E-state index in [1.54, 1.807) is 0 Å². The number of anilines is 1. The molecule has 0 aliphatic heterocycles. The van der Waals surface area contributed by atoms with Gasteiger partial charge in [0.05, 0.1) is 22.9 Å². The molecule has 1 aromatic heterocycles. The smallest absolute Gasteiger partial charge is 0.322 e. The molecule has 0 spiro atoms. The number of halogens is 3. The monoisotopic (exact) mass is 305 g/mol. The number of hydrogen-bond donors (Lipinski definition) is 1. The van der Waals surface area contributed by atoms with Gasteiger partial charge in [0.15, 0.2) is 0 Å². The number of nitriles is 1. The van der Waals surface area contributed by atoms with Crippen LogP contribution < -0.4 is 5.32 Å². The van der Waals surface area contributed by atoms with Crippen LogP contribution in [0.4, 0.5) is 18.9 Å². The summed E-state index contributed by atoms with van der Waals surface area (Å²) in [6.07, 6.45) is -4.55. The molecule has 0 fully saturated rings. The van der Waals surface area contributed by atoms with E-state index in [9.17, 15) is 18.0 Å². The molecule has 1 N–H and O–H groups in total. The normalized spacial score (nSPS) is 10.9. The standard InChI is InChI=1S/C15H10F3N3O/c1-9-12(6-7-13(20-9)15(16,17)18)14(22)21-11-4-2-10(8-19)3-5-11/h2-7H,1H3,(H,21,22). The van der Waals surface area contributed by atoms with Gasteiger partial charge in [-0.2, -0.15) is 18.4 Å². The lowest BCUT2D eigenvalue weighted by Crippen LogP contribution is -2.16. The number of rotatable bonds is 2. The van der Waals surface area contributed by atoms with E-state index in [0.717, 1.165) is 12.1 Å². The SMILES string of the molecule is Cc1nc(C(F)(F)F)ccc1C(=O)Nc1ccc(C#N)cc1. The zero-order chi connectivity index (χ0) is 16.3. The van der Waals surface area contributed by atoms with Crippen LogP contribution in [-0.4, -0.2) is 10.9 Å². The molecule has 4 nitrogen and oxygen atoms in total. The Morgan fingerprint density at radius 3 is 2.32 bits per heavy atom. The number of hydrogen-bond acceptors (Lipinski definition) is 3. The van der Waals surface area contributed by atoms with Crippen LogP contribution in [-0.2, 0) is 6.18 Å². The van der Waals surface area contributed by atoms with Gasteiger partial charge in [0, 0.05) is 5.69 Å². The minimum atomic E-state index is -4.55. The Morgan fingerprint density at radius 1 is 1.18 bits per heavy atom. The van der Waals surface area contributed by atoms with Gasteiger partial charge >= 0.3 is 6.18 Å². The maximum atomic E-state index is 12.5. The van der Waals surface area contributed by atoms with Crippen molar-refractivity contribution >= 4 is 11.6 Å². The van der Waals surface area contributed by atoms with Crippen molar-refractivity contribution in [3.63, 3.8) is 0 Å². The highest BCUT2D eigenvalue weighted by atomic mass is 19.4. The molecule has 7 heteroatoms. The number of pyridine rings is 1. The molecule has 0 radical (unpaired) electrons. The fraction of sp³-hybridized carbons (Fsp3) is 0.133.